The van der Waals surface area contributed by atoms with Crippen LogP contribution in [0.4, 0.5) is 11.6 Å². The van der Waals surface area contributed by atoms with Crippen LogP contribution < -0.4 is 10.1 Å². The van der Waals surface area contributed by atoms with Crippen LogP contribution >= 0.6 is 15.9 Å². The molecule has 0 bridgehead atoms. The number of hydrogen-bond donors (Lipinski definition) is 1. The number of rotatable bonds is 3. The predicted octanol–water partition coefficient (Wildman–Crippen LogP) is 2.99. The zero-order valence-corrected chi connectivity index (χ0v) is 10.2. The van der Waals surface area contributed by atoms with Crippen LogP contribution in [0.2, 0.25) is 0 Å². The third-order valence-electron chi connectivity index (χ3n) is 1.97. The second-order valence-electron chi connectivity index (χ2n) is 3.05. The number of hydrogen-bond acceptors (Lipinski definition) is 4. The van der Waals surface area contributed by atoms with Crippen molar-refractivity contribution in [3.8, 4) is 5.75 Å². The first-order chi connectivity index (χ1) is 7.79. The second-order valence-corrected chi connectivity index (χ2v) is 3.97. The quantitative estimate of drug-likeness (QED) is 0.938. The number of nitrogens with zero attached hydrogens (tertiary/aromatic N) is 2. The van der Waals surface area contributed by atoms with E-state index < -0.39 is 0 Å². The molecule has 0 amide bonds. The third-order valence-corrected chi connectivity index (χ3v) is 2.38. The molecule has 0 unspecified atom stereocenters. The summed E-state index contributed by atoms with van der Waals surface area (Å²) in [6.07, 6.45) is 3.37. The molecule has 0 aliphatic rings. The van der Waals surface area contributed by atoms with E-state index in [9.17, 15) is 0 Å². The maximum absolute atomic E-state index is 5.21. The molecule has 82 valence electrons. The number of ether oxygens (including phenoxy) is 1. The van der Waals surface area contributed by atoms with Crippen molar-refractivity contribution in [3.63, 3.8) is 0 Å². The highest BCUT2D eigenvalue weighted by Gasteiger charge is 2.02. The highest BCUT2D eigenvalue weighted by molar-refractivity contribution is 9.10. The molecular weight excluding hydrogens is 270 g/mol. The Kier molecular flexibility index (Phi) is 3.36. The molecule has 0 aliphatic heterocycles. The lowest BCUT2D eigenvalue weighted by molar-refractivity contribution is 0.417. The monoisotopic (exact) mass is 279 g/mol. The Morgan fingerprint density at radius 2 is 1.88 bits per heavy atom. The molecule has 1 aromatic heterocycles. The SMILES string of the molecule is COc1ccccc1Nc1ncc(Br)cn1. The number of anilines is 2. The van der Waals surface area contributed by atoms with E-state index in [-0.39, 0.29) is 0 Å². The van der Waals surface area contributed by atoms with Gasteiger partial charge in [-0.05, 0) is 28.1 Å². The molecule has 0 aliphatic carbocycles. The zero-order valence-electron chi connectivity index (χ0n) is 8.64. The Morgan fingerprint density at radius 3 is 2.56 bits per heavy atom. The van der Waals surface area contributed by atoms with E-state index in [1.54, 1.807) is 19.5 Å². The van der Waals surface area contributed by atoms with Crippen molar-refractivity contribution in [2.24, 2.45) is 0 Å². The van der Waals surface area contributed by atoms with Gasteiger partial charge in [-0.15, -0.1) is 0 Å². The van der Waals surface area contributed by atoms with Crippen LogP contribution in [0.3, 0.4) is 0 Å². The van der Waals surface area contributed by atoms with Gasteiger partial charge in [0.1, 0.15) is 5.75 Å². The van der Waals surface area contributed by atoms with Crippen LogP contribution in [-0.4, -0.2) is 17.1 Å². The van der Waals surface area contributed by atoms with E-state index >= 15 is 0 Å². The van der Waals surface area contributed by atoms with E-state index in [0.29, 0.717) is 5.95 Å². The van der Waals surface area contributed by atoms with Gasteiger partial charge >= 0.3 is 0 Å². The number of benzene rings is 1. The normalized spacial score (nSPS) is 9.88. The van der Waals surface area contributed by atoms with Gasteiger partial charge in [0.2, 0.25) is 5.95 Å². The molecule has 0 atom stereocenters. The van der Waals surface area contributed by atoms with Crippen molar-refractivity contribution in [1.29, 1.82) is 0 Å². The summed E-state index contributed by atoms with van der Waals surface area (Å²) in [6.45, 7) is 0. The van der Waals surface area contributed by atoms with Crippen molar-refractivity contribution in [2.45, 2.75) is 0 Å². The smallest absolute Gasteiger partial charge is 0.227 e. The number of methoxy groups -OCH3 is 1. The van der Waals surface area contributed by atoms with E-state index in [1.807, 2.05) is 24.3 Å². The van der Waals surface area contributed by atoms with Crippen LogP contribution in [0.5, 0.6) is 5.75 Å². The van der Waals surface area contributed by atoms with Crippen molar-refractivity contribution < 1.29 is 4.74 Å². The van der Waals surface area contributed by atoms with Gasteiger partial charge in [0, 0.05) is 12.4 Å². The predicted molar refractivity (Wildman–Crippen MR) is 66.0 cm³/mol. The van der Waals surface area contributed by atoms with Gasteiger partial charge in [-0.25, -0.2) is 9.97 Å². The number of para-hydroxylation sites is 2. The molecule has 2 aromatic rings. The average Bonchev–Trinajstić information content (AvgIpc) is 2.33. The fourth-order valence-corrected chi connectivity index (χ4v) is 1.45. The Bertz CT molecular complexity index is 473. The van der Waals surface area contributed by atoms with Crippen LogP contribution in [0.1, 0.15) is 0 Å². The van der Waals surface area contributed by atoms with Crippen molar-refractivity contribution in [2.75, 3.05) is 12.4 Å². The molecule has 1 aromatic carbocycles. The highest BCUT2D eigenvalue weighted by Crippen LogP contribution is 2.25. The fourth-order valence-electron chi connectivity index (χ4n) is 1.25. The highest BCUT2D eigenvalue weighted by atomic mass is 79.9. The minimum absolute atomic E-state index is 0.535. The molecule has 0 saturated carbocycles. The second kappa shape index (κ2) is 4.94. The van der Waals surface area contributed by atoms with Gasteiger partial charge < -0.3 is 10.1 Å². The summed E-state index contributed by atoms with van der Waals surface area (Å²) in [7, 11) is 1.63. The minimum atomic E-state index is 0.535. The lowest BCUT2D eigenvalue weighted by Gasteiger charge is -2.08. The molecule has 5 heteroatoms. The van der Waals surface area contributed by atoms with Gasteiger partial charge in [0.15, 0.2) is 0 Å². The Balaban J connectivity index is 2.23. The fraction of sp³-hybridized carbons (Fsp3) is 0.0909. The molecule has 1 heterocycles. The Morgan fingerprint density at radius 1 is 1.19 bits per heavy atom. The maximum atomic E-state index is 5.21. The molecule has 0 fully saturated rings. The zero-order chi connectivity index (χ0) is 11.4. The van der Waals surface area contributed by atoms with E-state index in [2.05, 4.69) is 31.2 Å². The van der Waals surface area contributed by atoms with E-state index in [1.165, 1.54) is 0 Å². The van der Waals surface area contributed by atoms with Crippen LogP contribution in [-0.2, 0) is 0 Å². The number of nitrogens with one attached hydrogen (secondary N) is 1. The lowest BCUT2D eigenvalue weighted by Crippen LogP contribution is -1.98. The standard InChI is InChI=1S/C11H10BrN3O/c1-16-10-5-3-2-4-9(10)15-11-13-6-8(12)7-14-11/h2-7H,1H3,(H,13,14,15). The molecule has 4 nitrogen and oxygen atoms in total. The van der Waals surface area contributed by atoms with Crippen LogP contribution in [0.25, 0.3) is 0 Å². The average molecular weight is 280 g/mol. The first-order valence-electron chi connectivity index (χ1n) is 4.67. The number of halogens is 1. The summed E-state index contributed by atoms with van der Waals surface area (Å²) in [5.74, 6) is 1.29. The summed E-state index contributed by atoms with van der Waals surface area (Å²) in [5.41, 5.74) is 0.840. The van der Waals surface area contributed by atoms with Crippen molar-refractivity contribution in [1.82, 2.24) is 9.97 Å². The first kappa shape index (κ1) is 10.9. The summed E-state index contributed by atoms with van der Waals surface area (Å²) in [4.78, 5) is 8.25. The first-order valence-corrected chi connectivity index (χ1v) is 5.46. The summed E-state index contributed by atoms with van der Waals surface area (Å²) >= 11 is 3.28. The molecular formula is C11H10BrN3O. The number of aromatic nitrogens is 2. The summed E-state index contributed by atoms with van der Waals surface area (Å²) < 4.78 is 6.06. The summed E-state index contributed by atoms with van der Waals surface area (Å²) in [5, 5.41) is 3.08. The lowest BCUT2D eigenvalue weighted by atomic mass is 10.3. The molecule has 0 saturated heterocycles. The van der Waals surface area contributed by atoms with Crippen molar-refractivity contribution in [3.05, 3.63) is 41.1 Å². The van der Waals surface area contributed by atoms with E-state index in [0.717, 1.165) is 15.9 Å². The van der Waals surface area contributed by atoms with Gasteiger partial charge in [0.05, 0.1) is 17.3 Å². The Hall–Kier alpha value is -1.62. The molecule has 1 N–H and O–H groups in total. The third kappa shape index (κ3) is 2.49. The molecule has 2 rings (SSSR count). The minimum Gasteiger partial charge on any atom is -0.495 e. The van der Waals surface area contributed by atoms with Crippen LogP contribution in [0.15, 0.2) is 41.1 Å². The van der Waals surface area contributed by atoms with Gasteiger partial charge in [-0.2, -0.15) is 0 Å². The van der Waals surface area contributed by atoms with E-state index in [4.69, 9.17) is 4.74 Å². The topological polar surface area (TPSA) is 47.0 Å². The van der Waals surface area contributed by atoms with Gasteiger partial charge in [0.25, 0.3) is 0 Å². The summed E-state index contributed by atoms with van der Waals surface area (Å²) in [6, 6.07) is 7.61. The molecule has 0 spiro atoms. The Labute approximate surface area is 102 Å². The molecule has 0 radical (unpaired) electrons. The maximum Gasteiger partial charge on any atom is 0.227 e. The van der Waals surface area contributed by atoms with Gasteiger partial charge in [-0.3, -0.25) is 0 Å². The van der Waals surface area contributed by atoms with Crippen LogP contribution in [0, 0.1) is 0 Å². The molecule has 16 heavy (non-hydrogen) atoms. The van der Waals surface area contributed by atoms with Gasteiger partial charge in [-0.1, -0.05) is 12.1 Å². The van der Waals surface area contributed by atoms with Crippen molar-refractivity contribution >= 4 is 27.6 Å². The largest absolute Gasteiger partial charge is 0.495 e.